The Hall–Kier alpha value is -1.68. The Labute approximate surface area is 154 Å². The number of methoxy groups -OCH3 is 1. The van der Waals surface area contributed by atoms with E-state index in [2.05, 4.69) is 14.9 Å². The van der Waals surface area contributed by atoms with Crippen molar-refractivity contribution < 1.29 is 17.9 Å². The molecule has 26 heavy (non-hydrogen) atoms. The van der Waals surface area contributed by atoms with Crippen LogP contribution >= 0.6 is 0 Å². The van der Waals surface area contributed by atoms with E-state index in [1.54, 1.807) is 25.8 Å². The molecular formula is C17H22FN4O3S-. The van der Waals surface area contributed by atoms with Crippen molar-refractivity contribution in [1.29, 1.82) is 0 Å². The van der Waals surface area contributed by atoms with Crippen LogP contribution in [0.5, 0.6) is 0 Å². The molecule has 1 atom stereocenters. The molecule has 7 nitrogen and oxygen atoms in total. The van der Waals surface area contributed by atoms with E-state index in [1.165, 1.54) is 6.07 Å². The second kappa shape index (κ2) is 8.34. The minimum atomic E-state index is -2.41. The SMILES string of the molecule is COCC1(c2ccc(CNS(=O)[O-])c(F)c2)CCC(n2cnnc2)CC1. The van der Waals surface area contributed by atoms with Crippen molar-refractivity contribution in [2.45, 2.75) is 43.7 Å². The molecule has 9 heteroatoms. The van der Waals surface area contributed by atoms with Gasteiger partial charge in [-0.05, 0) is 37.3 Å². The summed E-state index contributed by atoms with van der Waals surface area (Å²) in [6, 6.07) is 5.39. The topological polar surface area (TPSA) is 92.1 Å². The van der Waals surface area contributed by atoms with Crippen LogP contribution in [0.1, 0.15) is 42.9 Å². The van der Waals surface area contributed by atoms with Crippen LogP contribution in [0.25, 0.3) is 0 Å². The molecule has 2 aromatic rings. The fourth-order valence-electron chi connectivity index (χ4n) is 3.80. The van der Waals surface area contributed by atoms with Gasteiger partial charge < -0.3 is 13.9 Å². The number of halogens is 1. The van der Waals surface area contributed by atoms with Crippen LogP contribution in [-0.2, 0) is 28.0 Å². The summed E-state index contributed by atoms with van der Waals surface area (Å²) in [6.45, 7) is 0.457. The Morgan fingerprint density at radius 2 is 2.08 bits per heavy atom. The van der Waals surface area contributed by atoms with Gasteiger partial charge in [-0.2, -0.15) is 0 Å². The average Bonchev–Trinajstić information content (AvgIpc) is 3.16. The van der Waals surface area contributed by atoms with Crippen molar-refractivity contribution in [3.8, 4) is 0 Å². The summed E-state index contributed by atoms with van der Waals surface area (Å²) in [6.07, 6.45) is 7.06. The summed E-state index contributed by atoms with van der Waals surface area (Å²) in [5.74, 6) is -0.406. The Balaban J connectivity index is 1.77. The van der Waals surface area contributed by atoms with Crippen LogP contribution in [0.15, 0.2) is 30.9 Å². The first kappa shape index (κ1) is 19.1. The van der Waals surface area contributed by atoms with Crippen LogP contribution < -0.4 is 4.72 Å². The van der Waals surface area contributed by atoms with Gasteiger partial charge in [-0.15, -0.1) is 10.2 Å². The predicted molar refractivity (Wildman–Crippen MR) is 93.2 cm³/mol. The van der Waals surface area contributed by atoms with Crippen LogP contribution in [0.3, 0.4) is 0 Å². The van der Waals surface area contributed by atoms with Gasteiger partial charge in [-0.25, -0.2) is 9.11 Å². The summed E-state index contributed by atoms with van der Waals surface area (Å²) < 4.78 is 45.4. The molecule has 1 aromatic heterocycles. The van der Waals surface area contributed by atoms with E-state index in [-0.39, 0.29) is 12.0 Å². The third kappa shape index (κ3) is 4.17. The van der Waals surface area contributed by atoms with Crippen LogP contribution in [0, 0.1) is 5.82 Å². The summed E-state index contributed by atoms with van der Waals surface area (Å²) in [5, 5.41) is 7.74. The fourth-order valence-corrected chi connectivity index (χ4v) is 4.07. The molecular weight excluding hydrogens is 359 g/mol. The van der Waals surface area contributed by atoms with E-state index in [0.29, 0.717) is 18.2 Å². The first-order chi connectivity index (χ1) is 12.5. The molecule has 1 aliphatic rings. The number of benzene rings is 1. The van der Waals surface area contributed by atoms with E-state index in [1.807, 2.05) is 10.6 Å². The van der Waals surface area contributed by atoms with Gasteiger partial charge >= 0.3 is 0 Å². The standard InChI is InChI=1S/C17H23FN4O3S/c1-25-10-17(6-4-15(5-7-17)22-11-19-20-12-22)14-3-2-13(16(18)8-14)9-21-26(23)24/h2-3,8,11-12,15,21H,4-7,9-10H2,1H3,(H,23,24)/p-1. The number of hydrogen-bond donors (Lipinski definition) is 1. The number of rotatable bonds is 7. The maximum absolute atomic E-state index is 14.5. The highest BCUT2D eigenvalue weighted by Crippen LogP contribution is 2.43. The minimum absolute atomic E-state index is 0.0603. The van der Waals surface area contributed by atoms with E-state index in [9.17, 15) is 13.2 Å². The van der Waals surface area contributed by atoms with Gasteiger partial charge in [-0.3, -0.25) is 4.21 Å². The molecule has 0 bridgehead atoms. The van der Waals surface area contributed by atoms with Gasteiger partial charge in [0.1, 0.15) is 18.5 Å². The zero-order valence-electron chi connectivity index (χ0n) is 14.6. The van der Waals surface area contributed by atoms with Gasteiger partial charge in [0.25, 0.3) is 0 Å². The zero-order chi connectivity index (χ0) is 18.6. The molecule has 0 amide bonds. The third-order valence-electron chi connectivity index (χ3n) is 5.24. The molecule has 0 aliphatic heterocycles. The quantitative estimate of drug-likeness (QED) is 0.741. The average molecular weight is 381 g/mol. The molecule has 0 radical (unpaired) electrons. The second-order valence-corrected chi connectivity index (χ2v) is 7.47. The molecule has 1 fully saturated rings. The Bertz CT molecular complexity index is 748. The number of aromatic nitrogens is 3. The lowest BCUT2D eigenvalue weighted by atomic mass is 9.68. The molecule has 0 saturated heterocycles. The lowest BCUT2D eigenvalue weighted by molar-refractivity contribution is 0.0913. The predicted octanol–water partition coefficient (Wildman–Crippen LogP) is 2.00. The molecule has 1 saturated carbocycles. The van der Waals surface area contributed by atoms with Crippen LogP contribution in [0.4, 0.5) is 4.39 Å². The van der Waals surface area contributed by atoms with Crippen molar-refractivity contribution in [3.05, 3.63) is 47.8 Å². The van der Waals surface area contributed by atoms with Gasteiger partial charge in [0.15, 0.2) is 0 Å². The highest BCUT2D eigenvalue weighted by Gasteiger charge is 2.37. The van der Waals surface area contributed by atoms with E-state index in [4.69, 9.17) is 4.74 Å². The molecule has 1 N–H and O–H groups in total. The van der Waals surface area contributed by atoms with Crippen molar-refractivity contribution in [2.24, 2.45) is 0 Å². The molecule has 1 unspecified atom stereocenters. The van der Waals surface area contributed by atoms with Gasteiger partial charge in [-0.1, -0.05) is 12.1 Å². The third-order valence-corrected chi connectivity index (χ3v) is 5.62. The lowest BCUT2D eigenvalue weighted by Gasteiger charge is -2.40. The molecule has 1 aliphatic carbocycles. The largest absolute Gasteiger partial charge is 0.760 e. The number of nitrogens with zero attached hydrogens (tertiary/aromatic N) is 3. The summed E-state index contributed by atoms with van der Waals surface area (Å²) in [7, 11) is 1.66. The summed E-state index contributed by atoms with van der Waals surface area (Å²) in [4.78, 5) is 0. The number of hydrogen-bond acceptors (Lipinski definition) is 5. The molecule has 142 valence electrons. The molecule has 1 heterocycles. The highest BCUT2D eigenvalue weighted by molar-refractivity contribution is 7.77. The van der Waals surface area contributed by atoms with Crippen molar-refractivity contribution in [3.63, 3.8) is 0 Å². The zero-order valence-corrected chi connectivity index (χ0v) is 15.4. The van der Waals surface area contributed by atoms with E-state index >= 15 is 0 Å². The van der Waals surface area contributed by atoms with Crippen molar-refractivity contribution >= 4 is 11.3 Å². The maximum atomic E-state index is 14.5. The normalized spacial score (nSPS) is 24.5. The summed E-state index contributed by atoms with van der Waals surface area (Å²) >= 11 is -2.41. The highest BCUT2D eigenvalue weighted by atomic mass is 32.2. The monoisotopic (exact) mass is 381 g/mol. The maximum Gasteiger partial charge on any atom is 0.128 e. The van der Waals surface area contributed by atoms with Gasteiger partial charge in [0.05, 0.1) is 6.61 Å². The number of nitrogens with one attached hydrogen (secondary N) is 1. The Morgan fingerprint density at radius 3 is 2.65 bits per heavy atom. The van der Waals surface area contributed by atoms with Crippen LogP contribution in [0.2, 0.25) is 0 Å². The fraction of sp³-hybridized carbons (Fsp3) is 0.529. The summed E-state index contributed by atoms with van der Waals surface area (Å²) in [5.41, 5.74) is 0.975. The first-order valence-corrected chi connectivity index (χ1v) is 9.56. The number of ether oxygens (including phenoxy) is 1. The first-order valence-electron chi connectivity index (χ1n) is 8.49. The Morgan fingerprint density at radius 1 is 1.38 bits per heavy atom. The van der Waals surface area contributed by atoms with Crippen molar-refractivity contribution in [1.82, 2.24) is 19.5 Å². The molecule has 0 spiro atoms. The smallest absolute Gasteiger partial charge is 0.128 e. The Kier molecular flexibility index (Phi) is 6.13. The second-order valence-electron chi connectivity index (χ2n) is 6.72. The van der Waals surface area contributed by atoms with Gasteiger partial charge in [0, 0.05) is 41.9 Å². The molecule has 3 rings (SSSR count). The lowest BCUT2D eigenvalue weighted by Crippen LogP contribution is -2.36. The van der Waals surface area contributed by atoms with Crippen LogP contribution in [-0.4, -0.2) is 37.2 Å². The van der Waals surface area contributed by atoms with Crippen molar-refractivity contribution in [2.75, 3.05) is 13.7 Å². The minimum Gasteiger partial charge on any atom is -0.760 e. The van der Waals surface area contributed by atoms with E-state index < -0.39 is 17.1 Å². The van der Waals surface area contributed by atoms with E-state index in [0.717, 1.165) is 31.2 Å². The van der Waals surface area contributed by atoms with Gasteiger partial charge in [0.2, 0.25) is 0 Å². The molecule has 1 aromatic carbocycles.